The Hall–Kier alpha value is -1.75. The topological polar surface area (TPSA) is 55.8 Å². The van der Waals surface area contributed by atoms with Crippen LogP contribution in [0.3, 0.4) is 0 Å². The Bertz CT molecular complexity index is 546. The maximum absolute atomic E-state index is 10.5. The van der Waals surface area contributed by atoms with Crippen LogP contribution in [0.1, 0.15) is 5.56 Å². The van der Waals surface area contributed by atoms with Crippen LogP contribution in [0.15, 0.2) is 34.3 Å². The zero-order valence-corrected chi connectivity index (χ0v) is 11.2. The number of hydrogen-bond donors (Lipinski definition) is 1. The number of methoxy groups -OCH3 is 1. The molecule has 2 rings (SSSR count). The van der Waals surface area contributed by atoms with E-state index in [1.165, 1.54) is 6.08 Å². The predicted octanol–water partition coefficient (Wildman–Crippen LogP) is 2.87. The van der Waals surface area contributed by atoms with Crippen molar-refractivity contribution in [2.75, 3.05) is 13.7 Å². The maximum atomic E-state index is 10.5. The lowest BCUT2D eigenvalue weighted by Gasteiger charge is -2.19. The van der Waals surface area contributed by atoms with E-state index in [1.54, 1.807) is 7.11 Å². The van der Waals surface area contributed by atoms with Gasteiger partial charge in [0.2, 0.25) is 0 Å². The third-order valence-corrected chi connectivity index (χ3v) is 2.89. The summed E-state index contributed by atoms with van der Waals surface area (Å²) in [6.45, 7) is 0.328. The van der Waals surface area contributed by atoms with Crippen LogP contribution in [0.5, 0.6) is 11.5 Å². The average Bonchev–Trinajstić information content (AvgIpc) is 2.34. The Morgan fingerprint density at radius 2 is 2.33 bits per heavy atom. The van der Waals surface area contributed by atoms with Gasteiger partial charge in [0.15, 0.2) is 11.5 Å². The number of halogens is 1. The fourth-order valence-electron chi connectivity index (χ4n) is 1.67. The minimum absolute atomic E-state index is 0.328. The molecule has 1 aromatic rings. The summed E-state index contributed by atoms with van der Waals surface area (Å²) in [6.07, 6.45) is 4.50. The molecular weight excluding hydrogens is 300 g/mol. The van der Waals surface area contributed by atoms with E-state index < -0.39 is 5.97 Å². The Labute approximate surface area is 113 Å². The van der Waals surface area contributed by atoms with Crippen LogP contribution < -0.4 is 9.47 Å². The highest BCUT2D eigenvalue weighted by Crippen LogP contribution is 2.38. The zero-order chi connectivity index (χ0) is 13.1. The SMILES string of the molecule is COc1cc(Br)cc2c1OCC(C=CC(=O)O)=C2. The third-order valence-electron chi connectivity index (χ3n) is 2.43. The molecule has 5 heteroatoms. The predicted molar refractivity (Wildman–Crippen MR) is 70.9 cm³/mol. The summed E-state index contributed by atoms with van der Waals surface area (Å²) in [6, 6.07) is 3.72. The number of rotatable bonds is 3. The fourth-order valence-corrected chi connectivity index (χ4v) is 2.13. The first-order valence-corrected chi connectivity index (χ1v) is 6.01. The lowest BCUT2D eigenvalue weighted by Crippen LogP contribution is -2.07. The average molecular weight is 311 g/mol. The summed E-state index contributed by atoms with van der Waals surface area (Å²) in [4.78, 5) is 10.5. The molecule has 0 amide bonds. The zero-order valence-electron chi connectivity index (χ0n) is 9.64. The molecule has 0 saturated heterocycles. The number of carboxylic acid groups (broad SMARTS) is 1. The first kappa shape index (κ1) is 12.7. The van der Waals surface area contributed by atoms with Crippen molar-refractivity contribution in [1.29, 1.82) is 0 Å². The van der Waals surface area contributed by atoms with Crippen LogP contribution in [0, 0.1) is 0 Å². The number of carbonyl (C=O) groups is 1. The van der Waals surface area contributed by atoms with Gasteiger partial charge in [0.05, 0.1) is 7.11 Å². The molecule has 0 aliphatic carbocycles. The van der Waals surface area contributed by atoms with Crippen molar-refractivity contribution in [3.8, 4) is 11.5 Å². The van der Waals surface area contributed by atoms with Crippen molar-refractivity contribution in [2.45, 2.75) is 0 Å². The number of fused-ring (bicyclic) bond motifs is 1. The smallest absolute Gasteiger partial charge is 0.328 e. The minimum Gasteiger partial charge on any atom is -0.493 e. The molecule has 0 saturated carbocycles. The molecular formula is C13H11BrO4. The van der Waals surface area contributed by atoms with Crippen molar-refractivity contribution >= 4 is 28.0 Å². The van der Waals surface area contributed by atoms with Gasteiger partial charge in [0, 0.05) is 16.1 Å². The summed E-state index contributed by atoms with van der Waals surface area (Å²) < 4.78 is 11.7. The van der Waals surface area contributed by atoms with E-state index in [0.29, 0.717) is 18.1 Å². The molecule has 0 unspecified atom stereocenters. The van der Waals surface area contributed by atoms with Crippen molar-refractivity contribution in [3.05, 3.63) is 39.9 Å². The lowest BCUT2D eigenvalue weighted by molar-refractivity contribution is -0.131. The van der Waals surface area contributed by atoms with Crippen LogP contribution in [-0.4, -0.2) is 24.8 Å². The third kappa shape index (κ3) is 2.73. The largest absolute Gasteiger partial charge is 0.493 e. The van der Waals surface area contributed by atoms with Gasteiger partial charge in [-0.2, -0.15) is 0 Å². The molecule has 0 radical (unpaired) electrons. The molecule has 0 aromatic heterocycles. The molecule has 0 spiro atoms. The van der Waals surface area contributed by atoms with E-state index in [2.05, 4.69) is 15.9 Å². The van der Waals surface area contributed by atoms with E-state index in [1.807, 2.05) is 18.2 Å². The molecule has 0 fully saturated rings. The quantitative estimate of drug-likeness (QED) is 0.872. The second kappa shape index (κ2) is 5.27. The minimum atomic E-state index is -0.978. The van der Waals surface area contributed by atoms with Gasteiger partial charge < -0.3 is 14.6 Å². The van der Waals surface area contributed by atoms with Gasteiger partial charge >= 0.3 is 5.97 Å². The highest BCUT2D eigenvalue weighted by atomic mass is 79.9. The standard InChI is InChI=1S/C13H11BrO4/c1-17-11-6-10(14)5-9-4-8(2-3-12(15)16)7-18-13(9)11/h2-6H,7H2,1H3,(H,15,16). The number of benzene rings is 1. The highest BCUT2D eigenvalue weighted by Gasteiger charge is 2.16. The number of ether oxygens (including phenoxy) is 2. The molecule has 0 bridgehead atoms. The molecule has 0 atom stereocenters. The van der Waals surface area contributed by atoms with Gasteiger partial charge in [0.25, 0.3) is 0 Å². The summed E-state index contributed by atoms with van der Waals surface area (Å²) in [5.74, 6) is 0.346. The molecule has 1 aliphatic heterocycles. The molecule has 1 aromatic carbocycles. The van der Waals surface area contributed by atoms with Gasteiger partial charge in [-0.1, -0.05) is 15.9 Å². The first-order chi connectivity index (χ1) is 8.60. The normalized spacial score (nSPS) is 13.8. The van der Waals surface area contributed by atoms with Crippen molar-refractivity contribution in [2.24, 2.45) is 0 Å². The number of hydrogen-bond acceptors (Lipinski definition) is 3. The number of carboxylic acids is 1. The van der Waals surface area contributed by atoms with Crippen LogP contribution in [0.2, 0.25) is 0 Å². The van der Waals surface area contributed by atoms with Gasteiger partial charge in [0.1, 0.15) is 6.61 Å². The lowest BCUT2D eigenvalue weighted by atomic mass is 10.1. The monoisotopic (exact) mass is 310 g/mol. The van der Waals surface area contributed by atoms with Crippen LogP contribution in [0.25, 0.3) is 6.08 Å². The second-order valence-corrected chi connectivity index (χ2v) is 4.62. The van der Waals surface area contributed by atoms with E-state index in [-0.39, 0.29) is 0 Å². The van der Waals surface area contributed by atoms with Crippen LogP contribution in [0.4, 0.5) is 0 Å². The highest BCUT2D eigenvalue weighted by molar-refractivity contribution is 9.10. The van der Waals surface area contributed by atoms with Gasteiger partial charge in [-0.25, -0.2) is 4.79 Å². The van der Waals surface area contributed by atoms with E-state index in [0.717, 1.165) is 21.7 Å². The summed E-state index contributed by atoms with van der Waals surface area (Å²) >= 11 is 3.39. The molecule has 18 heavy (non-hydrogen) atoms. The summed E-state index contributed by atoms with van der Waals surface area (Å²) in [5, 5.41) is 8.58. The fraction of sp³-hybridized carbons (Fsp3) is 0.154. The van der Waals surface area contributed by atoms with E-state index in [4.69, 9.17) is 14.6 Å². The molecule has 1 aliphatic rings. The van der Waals surface area contributed by atoms with Gasteiger partial charge in [-0.3, -0.25) is 0 Å². The Morgan fingerprint density at radius 3 is 3.00 bits per heavy atom. The van der Waals surface area contributed by atoms with Gasteiger partial charge in [-0.15, -0.1) is 0 Å². The summed E-state index contributed by atoms with van der Waals surface area (Å²) in [7, 11) is 1.58. The molecule has 4 nitrogen and oxygen atoms in total. The Balaban J connectivity index is 2.39. The molecule has 94 valence electrons. The van der Waals surface area contributed by atoms with Crippen LogP contribution >= 0.6 is 15.9 Å². The Morgan fingerprint density at radius 1 is 1.56 bits per heavy atom. The maximum Gasteiger partial charge on any atom is 0.328 e. The van der Waals surface area contributed by atoms with Crippen molar-refractivity contribution in [1.82, 2.24) is 0 Å². The van der Waals surface area contributed by atoms with Crippen LogP contribution in [-0.2, 0) is 4.79 Å². The van der Waals surface area contributed by atoms with Gasteiger partial charge in [-0.05, 0) is 29.9 Å². The van der Waals surface area contributed by atoms with Crippen molar-refractivity contribution < 1.29 is 19.4 Å². The molecule has 1 heterocycles. The molecule has 1 N–H and O–H groups in total. The van der Waals surface area contributed by atoms with E-state index >= 15 is 0 Å². The second-order valence-electron chi connectivity index (χ2n) is 3.71. The van der Waals surface area contributed by atoms with E-state index in [9.17, 15) is 4.79 Å². The Kier molecular flexibility index (Phi) is 3.72. The number of aliphatic carboxylic acids is 1. The summed E-state index contributed by atoms with van der Waals surface area (Å²) in [5.41, 5.74) is 1.66. The first-order valence-electron chi connectivity index (χ1n) is 5.22. The van der Waals surface area contributed by atoms with Crippen molar-refractivity contribution in [3.63, 3.8) is 0 Å².